The number of hydrogen-bond acceptors (Lipinski definition) is 2. The van der Waals surface area contributed by atoms with Crippen LogP contribution in [0.2, 0.25) is 0 Å². The molecule has 1 N–H and O–H groups in total. The molecule has 3 nitrogen and oxygen atoms in total. The number of rotatable bonds is 4. The summed E-state index contributed by atoms with van der Waals surface area (Å²) in [6, 6.07) is 1.79. The van der Waals surface area contributed by atoms with Gasteiger partial charge in [0.2, 0.25) is 10.0 Å². The van der Waals surface area contributed by atoms with Gasteiger partial charge in [0.15, 0.2) is 0 Å². The van der Waals surface area contributed by atoms with Gasteiger partial charge in [-0.25, -0.2) is 13.1 Å². The summed E-state index contributed by atoms with van der Waals surface area (Å²) in [6.07, 6.45) is 0. The lowest BCUT2D eigenvalue weighted by molar-refractivity contribution is 0.364. The van der Waals surface area contributed by atoms with Gasteiger partial charge in [-0.15, -0.1) is 0 Å². The Hall–Kier alpha value is -0.870. The fraction of sp³-hybridized carbons (Fsp3) is 0.250. The molecule has 0 aromatic heterocycles. The minimum absolute atomic E-state index is 0.0186. The van der Waals surface area contributed by atoms with Crippen LogP contribution in [0.15, 0.2) is 29.2 Å². The number of sulfonamides is 1. The maximum Gasteiger partial charge on any atom is 0.310 e. The zero-order chi connectivity index (χ0) is 14.3. The molecule has 0 fully saturated rings. The fourth-order valence-corrected chi connectivity index (χ4v) is 2.56. The molecule has 18 heavy (non-hydrogen) atoms. The summed E-state index contributed by atoms with van der Waals surface area (Å²) >= 11 is 0. The van der Waals surface area contributed by atoms with Crippen molar-refractivity contribution in [2.24, 2.45) is 0 Å². The lowest BCUT2D eigenvalue weighted by Gasteiger charge is -2.40. The number of hydrogen-bond donors (Lipinski definition) is 1. The van der Waals surface area contributed by atoms with Gasteiger partial charge in [-0.3, -0.25) is 0 Å². The van der Waals surface area contributed by atoms with E-state index in [0.717, 1.165) is 7.05 Å². The molecule has 0 bridgehead atoms. The molecule has 106 valence electrons. The van der Waals surface area contributed by atoms with Crippen molar-refractivity contribution in [1.82, 2.24) is 4.72 Å². The number of halogens is 5. The molecule has 0 saturated heterocycles. The van der Waals surface area contributed by atoms with Crippen molar-refractivity contribution in [2.75, 3.05) is 7.05 Å². The third kappa shape index (κ3) is 4.10. The Morgan fingerprint density at radius 2 is 1.50 bits per heavy atom. The average molecular weight is 311 g/mol. The fourth-order valence-electron chi connectivity index (χ4n) is 1.13. The maximum atomic E-state index is 12.4. The third-order valence-corrected chi connectivity index (χ3v) is 4.53. The Balaban J connectivity index is 3.10. The summed E-state index contributed by atoms with van der Waals surface area (Å²) in [4.78, 5) is -2.04. The first-order valence-electron chi connectivity index (χ1n) is 4.48. The molecule has 0 aliphatic rings. The zero-order valence-corrected chi connectivity index (χ0v) is 10.7. The van der Waals surface area contributed by atoms with E-state index in [2.05, 4.69) is 0 Å². The molecule has 0 radical (unpaired) electrons. The summed E-state index contributed by atoms with van der Waals surface area (Å²) in [6.45, 7) is 0. The highest BCUT2D eigenvalue weighted by atomic mass is 32.5. The van der Waals surface area contributed by atoms with Gasteiger partial charge in [0.1, 0.15) is 4.90 Å². The van der Waals surface area contributed by atoms with Crippen LogP contribution in [0.5, 0.6) is 0 Å². The monoisotopic (exact) mass is 311 g/mol. The van der Waals surface area contributed by atoms with E-state index >= 15 is 0 Å². The van der Waals surface area contributed by atoms with E-state index in [1.165, 1.54) is 0 Å². The van der Waals surface area contributed by atoms with Crippen LogP contribution in [0, 0.1) is 0 Å². The standard InChI is InChI=1S/C8H10F5NO2S2/c1-14-17(15,16)6-7-2-4-8(5-3-7)18(9,10,11,12)13/h2-5,14H,6H2,1H3. The normalized spacial score (nSPS) is 17.0. The second-order valence-corrected chi connectivity index (χ2v) is 7.91. The Labute approximate surface area is 101 Å². The summed E-state index contributed by atoms with van der Waals surface area (Å²) in [5, 5.41) is 0. The van der Waals surface area contributed by atoms with Crippen LogP contribution < -0.4 is 4.72 Å². The predicted octanol–water partition coefficient (Wildman–Crippen LogP) is 3.39. The first-order valence-corrected chi connectivity index (χ1v) is 8.08. The predicted molar refractivity (Wildman–Crippen MR) is 59.5 cm³/mol. The Morgan fingerprint density at radius 1 is 1.06 bits per heavy atom. The number of nitrogens with one attached hydrogen (secondary N) is 1. The van der Waals surface area contributed by atoms with Crippen LogP contribution in [-0.2, 0) is 15.8 Å². The van der Waals surface area contributed by atoms with Gasteiger partial charge in [0.05, 0.1) is 5.75 Å². The Kier molecular flexibility index (Phi) is 3.02. The summed E-state index contributed by atoms with van der Waals surface area (Å²) in [5.41, 5.74) is -0.0186. The molecular formula is C8H10F5NO2S2. The highest BCUT2D eigenvalue weighted by Gasteiger charge is 2.65. The van der Waals surface area contributed by atoms with Gasteiger partial charge in [0.25, 0.3) is 0 Å². The highest BCUT2D eigenvalue weighted by molar-refractivity contribution is 8.45. The van der Waals surface area contributed by atoms with Gasteiger partial charge in [-0.2, -0.15) is 0 Å². The zero-order valence-electron chi connectivity index (χ0n) is 9.04. The quantitative estimate of drug-likeness (QED) is 0.866. The van der Waals surface area contributed by atoms with Crippen LogP contribution in [-0.4, -0.2) is 15.5 Å². The van der Waals surface area contributed by atoms with E-state index in [1.807, 2.05) is 4.72 Å². The van der Waals surface area contributed by atoms with Crippen molar-refractivity contribution in [3.05, 3.63) is 29.8 Å². The van der Waals surface area contributed by atoms with Crippen molar-refractivity contribution in [3.63, 3.8) is 0 Å². The van der Waals surface area contributed by atoms with Gasteiger partial charge < -0.3 is 0 Å². The van der Waals surface area contributed by atoms with Crippen LogP contribution in [0.1, 0.15) is 5.56 Å². The largest absolute Gasteiger partial charge is 0.310 e. The molecule has 0 spiro atoms. The molecule has 0 aliphatic carbocycles. The second kappa shape index (κ2) is 3.58. The van der Waals surface area contributed by atoms with Crippen molar-refractivity contribution < 1.29 is 27.8 Å². The lowest BCUT2D eigenvalue weighted by atomic mass is 10.2. The Bertz CT molecular complexity index is 549. The molecule has 1 aromatic rings. The third-order valence-electron chi connectivity index (χ3n) is 2.04. The van der Waals surface area contributed by atoms with E-state index in [9.17, 15) is 27.8 Å². The van der Waals surface area contributed by atoms with E-state index in [-0.39, 0.29) is 17.7 Å². The molecule has 0 amide bonds. The molecule has 0 aliphatic heterocycles. The number of benzene rings is 1. The summed E-state index contributed by atoms with van der Waals surface area (Å²) < 4.78 is 85.9. The molecule has 1 rings (SSSR count). The van der Waals surface area contributed by atoms with Gasteiger partial charge >= 0.3 is 10.2 Å². The molecule has 0 atom stereocenters. The van der Waals surface area contributed by atoms with Gasteiger partial charge in [-0.05, 0) is 24.7 Å². The highest BCUT2D eigenvalue weighted by Crippen LogP contribution is 3.02. The SMILES string of the molecule is CNS(=O)(=O)Cc1ccc(S(F)(F)(F)(F)F)cc1. The second-order valence-electron chi connectivity index (χ2n) is 3.58. The average Bonchev–Trinajstić information content (AvgIpc) is 2.14. The van der Waals surface area contributed by atoms with Crippen LogP contribution in [0.25, 0.3) is 0 Å². The van der Waals surface area contributed by atoms with E-state index in [0.29, 0.717) is 12.1 Å². The van der Waals surface area contributed by atoms with Crippen molar-refractivity contribution in [3.8, 4) is 0 Å². The smallest absolute Gasteiger partial charge is 0.218 e. The molecule has 0 unspecified atom stereocenters. The summed E-state index contributed by atoms with van der Waals surface area (Å²) in [5.74, 6) is -0.579. The van der Waals surface area contributed by atoms with Crippen molar-refractivity contribution in [1.29, 1.82) is 0 Å². The lowest BCUT2D eigenvalue weighted by Crippen LogP contribution is -2.20. The van der Waals surface area contributed by atoms with Crippen molar-refractivity contribution in [2.45, 2.75) is 10.6 Å². The van der Waals surface area contributed by atoms with E-state index in [1.54, 1.807) is 0 Å². The van der Waals surface area contributed by atoms with Crippen LogP contribution in [0.3, 0.4) is 0 Å². The first-order chi connectivity index (χ1) is 7.73. The minimum atomic E-state index is -9.69. The molecular weight excluding hydrogens is 301 g/mol. The topological polar surface area (TPSA) is 46.2 Å². The molecule has 0 heterocycles. The molecule has 1 aromatic carbocycles. The Morgan fingerprint density at radius 3 is 1.83 bits per heavy atom. The van der Waals surface area contributed by atoms with Crippen molar-refractivity contribution >= 4 is 20.2 Å². The van der Waals surface area contributed by atoms with E-state index < -0.39 is 30.9 Å². The van der Waals surface area contributed by atoms with Crippen LogP contribution >= 0.6 is 10.2 Å². The van der Waals surface area contributed by atoms with Gasteiger partial charge in [-0.1, -0.05) is 31.6 Å². The molecule has 0 saturated carbocycles. The van der Waals surface area contributed by atoms with E-state index in [4.69, 9.17) is 0 Å². The minimum Gasteiger partial charge on any atom is -0.218 e. The summed E-state index contributed by atoms with van der Waals surface area (Å²) in [7, 11) is -12.2. The van der Waals surface area contributed by atoms with Gasteiger partial charge in [0, 0.05) is 0 Å². The van der Waals surface area contributed by atoms with Crippen LogP contribution in [0.4, 0.5) is 19.4 Å². The molecule has 10 heteroatoms. The maximum absolute atomic E-state index is 12.4. The first kappa shape index (κ1) is 15.2.